The number of nitrogens with zero attached hydrogens (tertiary/aromatic N) is 6. The minimum absolute atomic E-state index is 0.0396. The number of piperidine rings is 2. The van der Waals surface area contributed by atoms with Gasteiger partial charge in [-0.05, 0) is 74.6 Å². The predicted octanol–water partition coefficient (Wildman–Crippen LogP) is 4.26. The van der Waals surface area contributed by atoms with Crippen LogP contribution in [0.3, 0.4) is 0 Å². The third kappa shape index (κ3) is 7.48. The second-order valence-corrected chi connectivity index (χ2v) is 19.4. The molecular formula is C47H54N8O8. The molecule has 6 aliphatic rings. The summed E-state index contributed by atoms with van der Waals surface area (Å²) < 4.78 is 19.3. The molecule has 1 aromatic heterocycles. The third-order valence-corrected chi connectivity index (χ3v) is 14.4. The number of aryl methyl sites for hydroxylation is 2. The Morgan fingerprint density at radius 2 is 1.60 bits per heavy atom. The van der Waals surface area contributed by atoms with Crippen LogP contribution in [0, 0.1) is 36.0 Å². The summed E-state index contributed by atoms with van der Waals surface area (Å²) in [4.78, 5) is 78.9. The molecule has 0 radical (unpaired) electrons. The molecule has 0 unspecified atom stereocenters. The average molecular weight is 859 g/mol. The first-order valence-corrected chi connectivity index (χ1v) is 21.9. The molecule has 5 amide bonds. The molecule has 330 valence electrons. The van der Waals surface area contributed by atoms with Gasteiger partial charge in [-0.2, -0.15) is 5.26 Å². The van der Waals surface area contributed by atoms with E-state index in [1.54, 1.807) is 30.6 Å². The van der Waals surface area contributed by atoms with E-state index < -0.39 is 29.7 Å². The number of hydrogen-bond acceptors (Lipinski definition) is 13. The maximum atomic E-state index is 13.5. The van der Waals surface area contributed by atoms with Crippen molar-refractivity contribution in [3.8, 4) is 17.6 Å². The van der Waals surface area contributed by atoms with Crippen molar-refractivity contribution in [2.24, 2.45) is 10.8 Å². The lowest BCUT2D eigenvalue weighted by molar-refractivity contribution is -0.164. The van der Waals surface area contributed by atoms with Crippen molar-refractivity contribution in [1.82, 2.24) is 30.4 Å². The van der Waals surface area contributed by atoms with Crippen LogP contribution in [-0.4, -0.2) is 118 Å². The van der Waals surface area contributed by atoms with Crippen molar-refractivity contribution >= 4 is 35.4 Å². The number of anilines is 1. The van der Waals surface area contributed by atoms with Gasteiger partial charge in [0.25, 0.3) is 17.7 Å². The van der Waals surface area contributed by atoms with E-state index in [2.05, 4.69) is 64.2 Å². The highest BCUT2D eigenvalue weighted by molar-refractivity contribution is 6.23. The van der Waals surface area contributed by atoms with Crippen LogP contribution in [0.2, 0.25) is 0 Å². The average Bonchev–Trinajstić information content (AvgIpc) is 3.47. The molecule has 2 aromatic carbocycles. The zero-order valence-corrected chi connectivity index (χ0v) is 36.7. The van der Waals surface area contributed by atoms with Crippen molar-refractivity contribution in [1.29, 1.82) is 5.26 Å². The standard InChI is InChI=1S/C47H54N8O8/c1-26-17-30(18-27(2)34(26)22-48)63-44-45(3,4)43(46(44,5)6)52-39(57)35-23-50-37(24-49-35)53-13-11-47(12-14-53)25-54(15-16-61-47)28-19-31(20-28)62-29-7-8-32-33(21-29)42(60)55(41(32)59)36-9-10-38(56)51-40(36)58/h7-8,17-18,21,23-24,28,31,36,43-44H,9-16,19-20,25H2,1-6H3,(H,52,57)(H,51,56,58)/t28?,31?,36-,43?,44?/m1/s1. The van der Waals surface area contributed by atoms with Gasteiger partial charge in [0.15, 0.2) is 0 Å². The number of nitrogens with one attached hydrogen (secondary N) is 2. The number of hydrogen-bond donors (Lipinski definition) is 2. The topological polar surface area (TPSA) is 196 Å². The van der Waals surface area contributed by atoms with Gasteiger partial charge >= 0.3 is 0 Å². The molecule has 63 heavy (non-hydrogen) atoms. The molecular weight excluding hydrogens is 805 g/mol. The maximum Gasteiger partial charge on any atom is 0.271 e. The van der Waals surface area contributed by atoms with E-state index in [0.717, 1.165) is 79.5 Å². The number of ether oxygens (including phenoxy) is 3. The molecule has 4 aliphatic heterocycles. The zero-order valence-electron chi connectivity index (χ0n) is 36.7. The van der Waals surface area contributed by atoms with Gasteiger partial charge in [0.05, 0.1) is 47.4 Å². The monoisotopic (exact) mass is 858 g/mol. The number of morpholine rings is 1. The van der Waals surface area contributed by atoms with Crippen molar-refractivity contribution in [3.63, 3.8) is 0 Å². The molecule has 2 saturated carbocycles. The van der Waals surface area contributed by atoms with Crippen LogP contribution in [-0.2, 0) is 14.3 Å². The fourth-order valence-corrected chi connectivity index (χ4v) is 11.2. The number of imide groups is 2. The number of aromatic nitrogens is 2. The minimum Gasteiger partial charge on any atom is -0.490 e. The Morgan fingerprint density at radius 3 is 2.25 bits per heavy atom. The quantitative estimate of drug-likeness (QED) is 0.290. The molecule has 5 heterocycles. The first-order valence-electron chi connectivity index (χ1n) is 21.9. The van der Waals surface area contributed by atoms with E-state index in [9.17, 15) is 29.2 Å². The Morgan fingerprint density at radius 1 is 0.905 bits per heavy atom. The van der Waals surface area contributed by atoms with Crippen LogP contribution in [0.5, 0.6) is 11.5 Å². The van der Waals surface area contributed by atoms with Crippen LogP contribution in [0.15, 0.2) is 42.7 Å². The third-order valence-electron chi connectivity index (χ3n) is 14.4. The Labute approximate surface area is 366 Å². The fourth-order valence-electron chi connectivity index (χ4n) is 11.2. The number of amides is 5. The molecule has 3 saturated heterocycles. The Bertz CT molecular complexity index is 2390. The SMILES string of the molecule is Cc1cc(OC2C(C)(C)C(NC(=O)c3cnc(N4CCC5(CC4)CN(C4CC(Oc6ccc7c(c6)C(=O)N([C@@H]6CCC(=O)NC6=O)C7=O)C4)CCO5)cn3)C2(C)C)cc(C)c1C#N. The van der Waals surface area contributed by atoms with Crippen molar-refractivity contribution in [3.05, 3.63) is 76.2 Å². The van der Waals surface area contributed by atoms with E-state index in [1.165, 1.54) is 0 Å². The Kier molecular flexibility index (Phi) is 10.6. The van der Waals surface area contributed by atoms with E-state index in [1.807, 2.05) is 26.0 Å². The lowest BCUT2D eigenvalue weighted by Gasteiger charge is -2.63. The van der Waals surface area contributed by atoms with Gasteiger partial charge in [0, 0.05) is 68.4 Å². The second-order valence-electron chi connectivity index (χ2n) is 19.4. The number of benzene rings is 2. The van der Waals surface area contributed by atoms with Crippen LogP contribution < -0.4 is 25.0 Å². The summed E-state index contributed by atoms with van der Waals surface area (Å²) in [6, 6.07) is 10.1. The van der Waals surface area contributed by atoms with E-state index in [4.69, 9.17) is 14.2 Å². The van der Waals surface area contributed by atoms with Crippen LogP contribution >= 0.6 is 0 Å². The number of nitriles is 1. The summed E-state index contributed by atoms with van der Waals surface area (Å²) in [5, 5.41) is 14.9. The predicted molar refractivity (Wildman–Crippen MR) is 228 cm³/mol. The minimum atomic E-state index is -1.01. The number of rotatable bonds is 9. The van der Waals surface area contributed by atoms with E-state index >= 15 is 0 Å². The second kappa shape index (κ2) is 15.7. The van der Waals surface area contributed by atoms with Crippen molar-refractivity contribution in [2.75, 3.05) is 37.7 Å². The van der Waals surface area contributed by atoms with Crippen LogP contribution in [0.25, 0.3) is 0 Å². The number of carbonyl (C=O) groups is 5. The first-order chi connectivity index (χ1) is 30.0. The van der Waals surface area contributed by atoms with E-state index in [0.29, 0.717) is 24.0 Å². The number of fused-ring (bicyclic) bond motifs is 1. The lowest BCUT2D eigenvalue weighted by Crippen LogP contribution is -2.74. The molecule has 2 aliphatic carbocycles. The highest BCUT2D eigenvalue weighted by Gasteiger charge is 2.64. The van der Waals surface area contributed by atoms with Gasteiger partial charge in [-0.15, -0.1) is 0 Å². The Balaban J connectivity index is 0.745. The highest BCUT2D eigenvalue weighted by Crippen LogP contribution is 2.55. The van der Waals surface area contributed by atoms with Crippen LogP contribution in [0.4, 0.5) is 5.82 Å². The summed E-state index contributed by atoms with van der Waals surface area (Å²) in [7, 11) is 0. The molecule has 3 aromatic rings. The summed E-state index contributed by atoms with van der Waals surface area (Å²) in [6.07, 6.45) is 6.49. The zero-order chi connectivity index (χ0) is 44.6. The molecule has 9 rings (SSSR count). The molecule has 16 nitrogen and oxygen atoms in total. The van der Waals surface area contributed by atoms with Gasteiger partial charge < -0.3 is 24.4 Å². The van der Waals surface area contributed by atoms with E-state index in [-0.39, 0.29) is 70.3 Å². The normalized spacial score (nSPS) is 27.2. The van der Waals surface area contributed by atoms with Crippen molar-refractivity contribution < 1.29 is 38.2 Å². The summed E-state index contributed by atoms with van der Waals surface area (Å²) in [5.74, 6) is -0.475. The molecule has 1 spiro atoms. The van der Waals surface area contributed by atoms with Gasteiger partial charge in [-0.3, -0.25) is 39.1 Å². The molecule has 5 fully saturated rings. The van der Waals surface area contributed by atoms with Crippen molar-refractivity contribution in [2.45, 2.75) is 116 Å². The molecule has 0 bridgehead atoms. The maximum absolute atomic E-state index is 13.5. The molecule has 1 atom stereocenters. The van der Waals surface area contributed by atoms with Gasteiger partial charge in [0.2, 0.25) is 11.8 Å². The molecule has 2 N–H and O–H groups in total. The van der Waals surface area contributed by atoms with Crippen LogP contribution in [0.1, 0.15) is 114 Å². The Hall–Kier alpha value is -5.92. The lowest BCUT2D eigenvalue weighted by atomic mass is 9.49. The largest absolute Gasteiger partial charge is 0.490 e. The number of carbonyl (C=O) groups excluding carboxylic acids is 5. The summed E-state index contributed by atoms with van der Waals surface area (Å²) >= 11 is 0. The highest BCUT2D eigenvalue weighted by atomic mass is 16.5. The fraction of sp³-hybridized carbons (Fsp3) is 0.532. The smallest absolute Gasteiger partial charge is 0.271 e. The van der Waals surface area contributed by atoms with Gasteiger partial charge in [-0.25, -0.2) is 9.97 Å². The summed E-state index contributed by atoms with van der Waals surface area (Å²) in [6.45, 7) is 16.0. The summed E-state index contributed by atoms with van der Waals surface area (Å²) in [5.41, 5.74) is 2.08. The molecule has 16 heteroatoms. The first kappa shape index (κ1) is 42.4. The van der Waals surface area contributed by atoms with Gasteiger partial charge in [0.1, 0.15) is 41.3 Å². The van der Waals surface area contributed by atoms with Gasteiger partial charge in [-0.1, -0.05) is 27.7 Å².